The Kier molecular flexibility index (Phi) is 4.57. The molecule has 134 valence electrons. The second-order valence-corrected chi connectivity index (χ2v) is 6.30. The van der Waals surface area contributed by atoms with E-state index in [-0.39, 0.29) is 11.7 Å². The van der Waals surface area contributed by atoms with E-state index in [1.165, 1.54) is 24.5 Å². The zero-order chi connectivity index (χ0) is 17.9. The zero-order valence-electron chi connectivity index (χ0n) is 14.3. The molecule has 0 spiro atoms. The molecule has 1 fully saturated rings. The predicted molar refractivity (Wildman–Crippen MR) is 94.1 cm³/mol. The van der Waals surface area contributed by atoms with Crippen LogP contribution in [0.4, 0.5) is 4.39 Å². The number of hydrogen-bond donors (Lipinski definition) is 0. The summed E-state index contributed by atoms with van der Waals surface area (Å²) in [6, 6.07) is 4.66. The van der Waals surface area contributed by atoms with Gasteiger partial charge in [-0.1, -0.05) is 0 Å². The van der Waals surface area contributed by atoms with E-state index in [0.29, 0.717) is 24.3 Å². The number of rotatable bonds is 4. The lowest BCUT2D eigenvalue weighted by Gasteiger charge is -2.34. The van der Waals surface area contributed by atoms with E-state index in [9.17, 15) is 9.18 Å². The van der Waals surface area contributed by atoms with E-state index in [0.717, 1.165) is 31.7 Å². The van der Waals surface area contributed by atoms with Gasteiger partial charge in [-0.15, -0.1) is 0 Å². The van der Waals surface area contributed by atoms with Crippen LogP contribution in [-0.4, -0.2) is 67.9 Å². The van der Waals surface area contributed by atoms with Gasteiger partial charge in [0, 0.05) is 57.7 Å². The summed E-state index contributed by atoms with van der Waals surface area (Å²) < 4.78 is 15.3. The van der Waals surface area contributed by atoms with Crippen LogP contribution in [0, 0.1) is 5.82 Å². The third-order valence-electron chi connectivity index (χ3n) is 4.68. The van der Waals surface area contributed by atoms with Gasteiger partial charge in [0.25, 0.3) is 5.91 Å². The highest BCUT2D eigenvalue weighted by Gasteiger charge is 2.22. The molecule has 3 heterocycles. The third kappa shape index (κ3) is 3.41. The number of carbonyl (C=O) groups excluding carboxylic acids is 1. The highest BCUT2D eigenvalue weighted by molar-refractivity contribution is 5.92. The van der Waals surface area contributed by atoms with Gasteiger partial charge in [-0.25, -0.2) is 14.4 Å². The normalized spacial score (nSPS) is 15.5. The molecule has 7 nitrogen and oxygen atoms in total. The van der Waals surface area contributed by atoms with Gasteiger partial charge in [0.05, 0.1) is 23.6 Å². The van der Waals surface area contributed by atoms with Crippen LogP contribution in [0.25, 0.3) is 11.0 Å². The maximum Gasteiger partial charge on any atom is 0.274 e. The van der Waals surface area contributed by atoms with Crippen molar-refractivity contribution in [2.45, 2.75) is 6.54 Å². The van der Waals surface area contributed by atoms with Crippen LogP contribution in [-0.2, 0) is 6.54 Å². The fourth-order valence-corrected chi connectivity index (χ4v) is 3.21. The van der Waals surface area contributed by atoms with Crippen molar-refractivity contribution in [1.82, 2.24) is 29.3 Å². The molecule has 2 aromatic heterocycles. The molecule has 0 atom stereocenters. The average Bonchev–Trinajstić information content (AvgIpc) is 3.09. The fraction of sp³-hybridized carbons (Fsp3) is 0.333. The maximum atomic E-state index is 13.2. The SMILES string of the molecule is O=C(c1cnccn1)N1CCN(CCn2cnc3cc(F)ccc32)CC1. The number of amides is 1. The summed E-state index contributed by atoms with van der Waals surface area (Å²) in [5, 5.41) is 0. The van der Waals surface area contributed by atoms with Crippen LogP contribution in [0.1, 0.15) is 10.5 Å². The quantitative estimate of drug-likeness (QED) is 0.709. The molecule has 0 unspecified atom stereocenters. The molecule has 1 aromatic carbocycles. The smallest absolute Gasteiger partial charge is 0.274 e. The second-order valence-electron chi connectivity index (χ2n) is 6.30. The Balaban J connectivity index is 1.32. The molecule has 0 N–H and O–H groups in total. The highest BCUT2D eigenvalue weighted by atomic mass is 19.1. The first kappa shape index (κ1) is 16.6. The van der Waals surface area contributed by atoms with Crippen LogP contribution in [0.2, 0.25) is 0 Å². The Labute approximate surface area is 150 Å². The Morgan fingerprint density at radius 3 is 2.69 bits per heavy atom. The monoisotopic (exact) mass is 354 g/mol. The van der Waals surface area contributed by atoms with Gasteiger partial charge in [-0.05, 0) is 12.1 Å². The molecule has 0 radical (unpaired) electrons. The lowest BCUT2D eigenvalue weighted by Crippen LogP contribution is -2.49. The average molecular weight is 354 g/mol. The summed E-state index contributed by atoms with van der Waals surface area (Å²) >= 11 is 0. The summed E-state index contributed by atoms with van der Waals surface area (Å²) in [7, 11) is 0. The van der Waals surface area contributed by atoms with E-state index in [2.05, 4.69) is 19.9 Å². The third-order valence-corrected chi connectivity index (χ3v) is 4.68. The summed E-state index contributed by atoms with van der Waals surface area (Å²) in [4.78, 5) is 28.8. The fourth-order valence-electron chi connectivity index (χ4n) is 3.21. The lowest BCUT2D eigenvalue weighted by molar-refractivity contribution is 0.0627. The standard InChI is InChI=1S/C18H19FN6O/c19-14-1-2-17-15(11-14)22-13-25(17)10-7-23-5-8-24(9-6-23)18(26)16-12-20-3-4-21-16/h1-4,11-13H,5-10H2. The molecule has 1 saturated heterocycles. The van der Waals surface area contributed by atoms with Crippen molar-refractivity contribution in [2.75, 3.05) is 32.7 Å². The van der Waals surface area contributed by atoms with Crippen molar-refractivity contribution >= 4 is 16.9 Å². The van der Waals surface area contributed by atoms with Crippen LogP contribution in [0.3, 0.4) is 0 Å². The maximum absolute atomic E-state index is 13.2. The van der Waals surface area contributed by atoms with Gasteiger partial charge in [-0.2, -0.15) is 0 Å². The van der Waals surface area contributed by atoms with Crippen molar-refractivity contribution < 1.29 is 9.18 Å². The van der Waals surface area contributed by atoms with Crippen molar-refractivity contribution in [3.63, 3.8) is 0 Å². The molecule has 0 bridgehead atoms. The van der Waals surface area contributed by atoms with Gasteiger partial charge in [0.2, 0.25) is 0 Å². The van der Waals surface area contributed by atoms with Gasteiger partial charge in [0.15, 0.2) is 0 Å². The first-order valence-corrected chi connectivity index (χ1v) is 8.59. The number of carbonyl (C=O) groups is 1. The van der Waals surface area contributed by atoms with Crippen LogP contribution < -0.4 is 0 Å². The molecular formula is C18H19FN6O. The Bertz CT molecular complexity index is 904. The van der Waals surface area contributed by atoms with Crippen molar-refractivity contribution in [2.24, 2.45) is 0 Å². The number of aromatic nitrogens is 4. The minimum absolute atomic E-state index is 0.0691. The number of benzene rings is 1. The molecule has 1 amide bonds. The van der Waals surface area contributed by atoms with Gasteiger partial charge < -0.3 is 9.47 Å². The first-order chi connectivity index (χ1) is 12.7. The molecule has 1 aliphatic rings. The number of piperazine rings is 1. The molecule has 8 heteroatoms. The van der Waals surface area contributed by atoms with Crippen molar-refractivity contribution in [3.8, 4) is 0 Å². The van der Waals surface area contributed by atoms with Crippen LogP contribution in [0.15, 0.2) is 43.1 Å². The molecule has 26 heavy (non-hydrogen) atoms. The van der Waals surface area contributed by atoms with E-state index < -0.39 is 0 Å². The molecule has 3 aromatic rings. The number of imidazole rings is 1. The summed E-state index contributed by atoms with van der Waals surface area (Å²) in [6.45, 7) is 4.60. The van der Waals surface area contributed by atoms with E-state index in [1.807, 2.05) is 9.47 Å². The Morgan fingerprint density at radius 2 is 1.92 bits per heavy atom. The predicted octanol–water partition coefficient (Wildman–Crippen LogP) is 1.42. The van der Waals surface area contributed by atoms with Gasteiger partial charge in [0.1, 0.15) is 11.5 Å². The van der Waals surface area contributed by atoms with E-state index in [1.54, 1.807) is 18.6 Å². The zero-order valence-corrected chi connectivity index (χ0v) is 14.3. The summed E-state index contributed by atoms with van der Waals surface area (Å²) in [5.41, 5.74) is 1.99. The first-order valence-electron chi connectivity index (χ1n) is 8.59. The van der Waals surface area contributed by atoms with Crippen LogP contribution in [0.5, 0.6) is 0 Å². The Hall–Kier alpha value is -2.87. The number of nitrogens with zero attached hydrogens (tertiary/aromatic N) is 6. The van der Waals surface area contributed by atoms with Crippen molar-refractivity contribution in [1.29, 1.82) is 0 Å². The molecule has 4 rings (SSSR count). The largest absolute Gasteiger partial charge is 0.335 e. The van der Waals surface area contributed by atoms with Gasteiger partial charge in [-0.3, -0.25) is 14.7 Å². The van der Waals surface area contributed by atoms with E-state index in [4.69, 9.17) is 0 Å². The molecule has 0 aliphatic carbocycles. The van der Waals surface area contributed by atoms with Crippen molar-refractivity contribution in [3.05, 3.63) is 54.6 Å². The molecular weight excluding hydrogens is 335 g/mol. The minimum Gasteiger partial charge on any atom is -0.335 e. The number of halogens is 1. The summed E-state index contributed by atoms with van der Waals surface area (Å²) in [5.74, 6) is -0.341. The lowest BCUT2D eigenvalue weighted by atomic mass is 10.2. The van der Waals surface area contributed by atoms with E-state index >= 15 is 0 Å². The minimum atomic E-state index is -0.272. The molecule has 1 aliphatic heterocycles. The second kappa shape index (κ2) is 7.17. The van der Waals surface area contributed by atoms with Crippen LogP contribution >= 0.6 is 0 Å². The van der Waals surface area contributed by atoms with Gasteiger partial charge >= 0.3 is 0 Å². The summed E-state index contributed by atoms with van der Waals surface area (Å²) in [6.07, 6.45) is 6.34. The Morgan fingerprint density at radius 1 is 1.08 bits per heavy atom. The topological polar surface area (TPSA) is 67.2 Å². The molecule has 0 saturated carbocycles. The number of hydrogen-bond acceptors (Lipinski definition) is 5. The number of fused-ring (bicyclic) bond motifs is 1. The highest BCUT2D eigenvalue weighted by Crippen LogP contribution is 2.14.